The molecule has 0 unspecified atom stereocenters. The Labute approximate surface area is 272 Å². The highest BCUT2D eigenvalue weighted by atomic mass is 16.5. The molecule has 5 atom stereocenters. The molecule has 2 fully saturated rings. The number of unbranched alkanes of at least 4 members (excludes halogenated alkanes) is 5. The number of aryl methyl sites for hydroxylation is 1. The molecule has 1 aliphatic heterocycles. The van der Waals surface area contributed by atoms with Crippen LogP contribution in [-0.4, -0.2) is 82.3 Å². The molecule has 1 aliphatic carbocycles. The summed E-state index contributed by atoms with van der Waals surface area (Å²) in [6.07, 6.45) is 12.8. The molecule has 3 N–H and O–H groups in total. The number of carbonyl (C=O) groups is 5. The Morgan fingerprint density at radius 1 is 0.935 bits per heavy atom. The molecule has 1 saturated heterocycles. The van der Waals surface area contributed by atoms with Crippen LogP contribution in [0, 0.1) is 5.92 Å². The van der Waals surface area contributed by atoms with E-state index in [0.29, 0.717) is 43.9 Å². The number of rotatable bonds is 18. The zero-order valence-electron chi connectivity index (χ0n) is 27.5. The summed E-state index contributed by atoms with van der Waals surface area (Å²) < 4.78 is 11.0. The van der Waals surface area contributed by atoms with Crippen molar-refractivity contribution in [2.75, 3.05) is 13.2 Å². The van der Waals surface area contributed by atoms with Crippen molar-refractivity contribution in [2.45, 2.75) is 122 Å². The molecule has 1 saturated carbocycles. The summed E-state index contributed by atoms with van der Waals surface area (Å²) in [6, 6.07) is 8.30. The van der Waals surface area contributed by atoms with Gasteiger partial charge in [0, 0.05) is 18.2 Å². The number of aliphatic carboxylic acids is 2. The largest absolute Gasteiger partial charge is 0.478 e. The van der Waals surface area contributed by atoms with Gasteiger partial charge in [0.1, 0.15) is 12.1 Å². The van der Waals surface area contributed by atoms with Crippen LogP contribution in [0.3, 0.4) is 0 Å². The summed E-state index contributed by atoms with van der Waals surface area (Å²) in [4.78, 5) is 60.5. The molecule has 0 bridgehead atoms. The molecule has 11 heteroatoms. The number of likely N-dealkylation sites (tertiary alicyclic amines) is 1. The van der Waals surface area contributed by atoms with Crippen LogP contribution in [-0.2, 0) is 39.9 Å². The number of benzene rings is 1. The predicted octanol–water partition coefficient (Wildman–Crippen LogP) is 4.91. The Hall–Kier alpha value is -3.73. The summed E-state index contributed by atoms with van der Waals surface area (Å²) in [5.74, 6) is -2.93. The number of nitrogens with zero attached hydrogens (tertiary/aromatic N) is 1. The fraction of sp³-hybridized carbons (Fsp3) is 0.629. The van der Waals surface area contributed by atoms with Crippen molar-refractivity contribution >= 4 is 29.8 Å². The van der Waals surface area contributed by atoms with Gasteiger partial charge in [0.2, 0.25) is 5.91 Å². The average molecular weight is 645 g/mol. The summed E-state index contributed by atoms with van der Waals surface area (Å²) in [5, 5.41) is 18.9. The highest BCUT2D eigenvalue weighted by molar-refractivity contribution is 5.90. The Bertz CT molecular complexity index is 1120. The smallest absolute Gasteiger partial charge is 0.328 e. The van der Waals surface area contributed by atoms with E-state index in [1.54, 1.807) is 18.7 Å². The van der Waals surface area contributed by atoms with Gasteiger partial charge in [-0.25, -0.2) is 14.4 Å². The molecule has 1 aromatic carbocycles. The fourth-order valence-electron chi connectivity index (χ4n) is 6.18. The molecule has 1 heterocycles. The van der Waals surface area contributed by atoms with Gasteiger partial charge in [-0.1, -0.05) is 75.8 Å². The molecule has 256 valence electrons. The molecule has 0 spiro atoms. The first-order valence-electron chi connectivity index (χ1n) is 16.7. The number of esters is 2. The molecule has 1 amide bonds. The number of fused-ring (bicyclic) bond motifs is 1. The van der Waals surface area contributed by atoms with Gasteiger partial charge in [0.05, 0.1) is 19.3 Å². The van der Waals surface area contributed by atoms with Gasteiger partial charge in [0.15, 0.2) is 0 Å². The average Bonchev–Trinajstić information content (AvgIpc) is 3.64. The van der Waals surface area contributed by atoms with Crippen LogP contribution in [0.4, 0.5) is 0 Å². The van der Waals surface area contributed by atoms with Gasteiger partial charge in [-0.3, -0.25) is 14.9 Å². The molecule has 1 aromatic rings. The highest BCUT2D eigenvalue weighted by Crippen LogP contribution is 2.42. The lowest BCUT2D eigenvalue weighted by atomic mass is 10.0. The van der Waals surface area contributed by atoms with E-state index in [2.05, 4.69) is 12.2 Å². The van der Waals surface area contributed by atoms with E-state index >= 15 is 0 Å². The topological polar surface area (TPSA) is 160 Å². The van der Waals surface area contributed by atoms with E-state index < -0.39 is 30.1 Å². The molecular weight excluding hydrogens is 592 g/mol. The number of ether oxygens (including phenoxy) is 2. The van der Waals surface area contributed by atoms with Crippen molar-refractivity contribution in [3.05, 3.63) is 48.0 Å². The van der Waals surface area contributed by atoms with Crippen molar-refractivity contribution in [2.24, 2.45) is 5.92 Å². The third kappa shape index (κ3) is 13.3. The molecule has 3 rings (SSSR count). The number of hydrogen-bond acceptors (Lipinski definition) is 8. The standard InChI is InChI=1S/C31H48N2O5.C4H4O4/c1-4-6-7-8-9-13-21-38-31(36)28-22-25-17-14-18-27(25)33(28)29(34)23(3)32-26(30(35)37-5-2)20-19-24-15-11-10-12-16-24;5-3(6)1-2-4(7)8/h10-12,15-16,23,25-28,32H,4-9,13-14,17-22H2,1-3H3;1-2H,(H,5,6)(H,7,8)/b;2-1+/t23-,25-,26-,27-,28-;/m0./s1. The number of carbonyl (C=O) groups excluding carboxylic acids is 3. The quantitative estimate of drug-likeness (QED) is 0.114. The Morgan fingerprint density at radius 3 is 2.22 bits per heavy atom. The van der Waals surface area contributed by atoms with Crippen LogP contribution < -0.4 is 5.32 Å². The normalized spacial score (nSPS) is 19.9. The van der Waals surface area contributed by atoms with Gasteiger partial charge >= 0.3 is 23.9 Å². The van der Waals surface area contributed by atoms with Crippen molar-refractivity contribution in [1.82, 2.24) is 10.2 Å². The minimum atomic E-state index is -1.26. The first kappa shape index (κ1) is 38.5. The summed E-state index contributed by atoms with van der Waals surface area (Å²) in [7, 11) is 0. The monoisotopic (exact) mass is 644 g/mol. The lowest BCUT2D eigenvalue weighted by Crippen LogP contribution is -2.55. The molecule has 11 nitrogen and oxygen atoms in total. The second-order valence-electron chi connectivity index (χ2n) is 11.9. The first-order chi connectivity index (χ1) is 22.1. The first-order valence-corrected chi connectivity index (χ1v) is 16.7. The van der Waals surface area contributed by atoms with Crippen molar-refractivity contribution in [1.29, 1.82) is 0 Å². The SMILES string of the molecule is CCCCCCCCOC(=O)[C@@H]1C[C@@H]2CCC[C@@H]2N1C(=O)[C@H](C)N[C@@H](CCc1ccccc1)C(=O)OCC.O=C(O)/C=C/C(=O)O. The van der Waals surface area contributed by atoms with Gasteiger partial charge in [-0.05, 0) is 63.9 Å². The number of carboxylic acid groups (broad SMARTS) is 2. The molecular formula is C35H52N2O9. The molecule has 46 heavy (non-hydrogen) atoms. The van der Waals surface area contributed by atoms with Crippen LogP contribution in [0.5, 0.6) is 0 Å². The molecule has 2 aliphatic rings. The number of nitrogens with one attached hydrogen (secondary N) is 1. The van der Waals surface area contributed by atoms with Crippen LogP contribution in [0.15, 0.2) is 42.5 Å². The van der Waals surface area contributed by atoms with Crippen molar-refractivity contribution in [3.63, 3.8) is 0 Å². The Balaban J connectivity index is 0.000000812. The van der Waals surface area contributed by atoms with E-state index in [-0.39, 0.29) is 30.5 Å². The predicted molar refractivity (Wildman–Crippen MR) is 173 cm³/mol. The third-order valence-electron chi connectivity index (χ3n) is 8.43. The Kier molecular flexibility index (Phi) is 17.7. The van der Waals surface area contributed by atoms with Gasteiger partial charge in [-0.2, -0.15) is 0 Å². The van der Waals surface area contributed by atoms with Crippen molar-refractivity contribution < 1.29 is 43.7 Å². The van der Waals surface area contributed by atoms with Gasteiger partial charge < -0.3 is 24.6 Å². The second kappa shape index (κ2) is 21.1. The maximum absolute atomic E-state index is 13.8. The Morgan fingerprint density at radius 2 is 1.59 bits per heavy atom. The van der Waals surface area contributed by atoms with Gasteiger partial charge in [-0.15, -0.1) is 0 Å². The van der Waals surface area contributed by atoms with Crippen LogP contribution >= 0.6 is 0 Å². The minimum absolute atomic E-state index is 0.0729. The third-order valence-corrected chi connectivity index (χ3v) is 8.43. The van der Waals surface area contributed by atoms with E-state index in [4.69, 9.17) is 19.7 Å². The molecule has 0 aromatic heterocycles. The summed E-state index contributed by atoms with van der Waals surface area (Å²) in [5.41, 5.74) is 1.13. The fourth-order valence-corrected chi connectivity index (χ4v) is 6.18. The van der Waals surface area contributed by atoms with Crippen molar-refractivity contribution in [3.8, 4) is 0 Å². The molecule has 0 radical (unpaired) electrons. The number of hydrogen-bond donors (Lipinski definition) is 3. The van der Waals surface area contributed by atoms with Crippen LogP contribution in [0.2, 0.25) is 0 Å². The number of carboxylic acids is 2. The maximum atomic E-state index is 13.8. The lowest BCUT2D eigenvalue weighted by molar-refractivity contribution is -0.156. The maximum Gasteiger partial charge on any atom is 0.328 e. The lowest BCUT2D eigenvalue weighted by Gasteiger charge is -2.32. The number of amides is 1. The van der Waals surface area contributed by atoms with Crippen LogP contribution in [0.1, 0.15) is 97.0 Å². The highest BCUT2D eigenvalue weighted by Gasteiger charge is 2.50. The van der Waals surface area contributed by atoms with Crippen LogP contribution in [0.25, 0.3) is 0 Å². The second-order valence-corrected chi connectivity index (χ2v) is 11.9. The summed E-state index contributed by atoms with van der Waals surface area (Å²) in [6.45, 7) is 6.47. The van der Waals surface area contributed by atoms with E-state index in [9.17, 15) is 24.0 Å². The van der Waals surface area contributed by atoms with E-state index in [0.717, 1.165) is 37.7 Å². The zero-order chi connectivity index (χ0) is 33.9. The van der Waals surface area contributed by atoms with Gasteiger partial charge in [0.25, 0.3) is 0 Å². The van der Waals surface area contributed by atoms with E-state index in [1.165, 1.54) is 25.7 Å². The zero-order valence-corrected chi connectivity index (χ0v) is 27.5. The van der Waals surface area contributed by atoms with E-state index in [1.807, 2.05) is 30.3 Å². The summed E-state index contributed by atoms with van der Waals surface area (Å²) >= 11 is 0. The minimum Gasteiger partial charge on any atom is -0.478 e.